The molecule has 0 amide bonds. The van der Waals surface area contributed by atoms with E-state index in [1.807, 2.05) is 5.57 Å². The molecule has 1 nitrogen and oxygen atoms in total. The summed E-state index contributed by atoms with van der Waals surface area (Å²) in [5.74, 6) is 4.48. The molecule has 5 rings (SSSR count). The Hall–Kier alpha value is -0.560. The maximum atomic E-state index is 10.2. The number of hydrogen-bond acceptors (Lipinski definition) is 1. The summed E-state index contributed by atoms with van der Waals surface area (Å²) in [4.78, 5) is 0. The third kappa shape index (κ3) is 2.74. The molecule has 0 aliphatic heterocycles. The molecule has 0 aromatic heterocycles. The van der Waals surface area contributed by atoms with Gasteiger partial charge in [0.2, 0.25) is 0 Å². The second-order valence-electron chi connectivity index (χ2n) is 11.5. The standard InChI is InChI=1S/C26H40O/c1-17(15-18-5-4-6-18)22-9-10-23-21-8-7-19-16-20(27)11-13-25(19,2)24(21)12-14-26(22,23)3/h7-8,17-18,20,22-24,27H,4-6,9-16H2,1-3H3/t17-,20?,22-,23+,24+,25+,26-/m1/s1. The number of aliphatic hydroxyl groups excluding tert-OH is 1. The summed E-state index contributed by atoms with van der Waals surface area (Å²) in [5.41, 5.74) is 4.23. The van der Waals surface area contributed by atoms with Crippen LogP contribution in [0.15, 0.2) is 23.3 Å². The van der Waals surface area contributed by atoms with Gasteiger partial charge < -0.3 is 5.11 Å². The lowest BCUT2D eigenvalue weighted by Gasteiger charge is -2.55. The Bertz CT molecular complexity index is 655. The van der Waals surface area contributed by atoms with Crippen LogP contribution < -0.4 is 0 Å². The summed E-state index contributed by atoms with van der Waals surface area (Å²) in [6.45, 7) is 7.77. The van der Waals surface area contributed by atoms with Crippen LogP contribution in [-0.4, -0.2) is 11.2 Å². The smallest absolute Gasteiger partial charge is 0.0578 e. The molecule has 150 valence electrons. The van der Waals surface area contributed by atoms with E-state index in [2.05, 4.69) is 32.9 Å². The van der Waals surface area contributed by atoms with Crippen LogP contribution in [0, 0.1) is 40.4 Å². The summed E-state index contributed by atoms with van der Waals surface area (Å²) in [6.07, 6.45) is 19.7. The molecule has 0 radical (unpaired) electrons. The molecule has 5 aliphatic rings. The van der Waals surface area contributed by atoms with Gasteiger partial charge in [-0.25, -0.2) is 0 Å². The summed E-state index contributed by atoms with van der Waals surface area (Å²) >= 11 is 0. The van der Waals surface area contributed by atoms with Crippen LogP contribution in [0.2, 0.25) is 0 Å². The van der Waals surface area contributed by atoms with E-state index in [0.717, 1.165) is 42.4 Å². The highest BCUT2D eigenvalue weighted by Gasteiger charge is 2.57. The monoisotopic (exact) mass is 368 g/mol. The molecule has 0 heterocycles. The lowest BCUT2D eigenvalue weighted by atomic mass is 9.50. The normalized spacial score (nSPS) is 47.9. The van der Waals surface area contributed by atoms with Crippen LogP contribution in [0.25, 0.3) is 0 Å². The molecule has 0 saturated heterocycles. The van der Waals surface area contributed by atoms with Gasteiger partial charge in [-0.2, -0.15) is 0 Å². The highest BCUT2D eigenvalue weighted by molar-refractivity contribution is 5.38. The molecule has 0 spiro atoms. The summed E-state index contributed by atoms with van der Waals surface area (Å²) < 4.78 is 0. The molecule has 4 fully saturated rings. The Morgan fingerprint density at radius 3 is 2.56 bits per heavy atom. The van der Waals surface area contributed by atoms with Crippen molar-refractivity contribution in [3.05, 3.63) is 23.3 Å². The molecule has 7 atom stereocenters. The van der Waals surface area contributed by atoms with Crippen LogP contribution >= 0.6 is 0 Å². The molecule has 1 N–H and O–H groups in total. The van der Waals surface area contributed by atoms with Gasteiger partial charge in [0.1, 0.15) is 0 Å². The van der Waals surface area contributed by atoms with E-state index in [-0.39, 0.29) is 6.10 Å². The minimum absolute atomic E-state index is 0.101. The largest absolute Gasteiger partial charge is 0.393 e. The Morgan fingerprint density at radius 2 is 1.81 bits per heavy atom. The minimum atomic E-state index is -0.101. The quantitative estimate of drug-likeness (QED) is 0.589. The van der Waals surface area contributed by atoms with Gasteiger partial charge in [0.05, 0.1) is 6.10 Å². The van der Waals surface area contributed by atoms with Gasteiger partial charge >= 0.3 is 0 Å². The highest BCUT2D eigenvalue weighted by Crippen LogP contribution is 2.66. The number of rotatable bonds is 3. The van der Waals surface area contributed by atoms with E-state index in [0.29, 0.717) is 10.8 Å². The number of hydrogen-bond donors (Lipinski definition) is 1. The number of allylic oxidation sites excluding steroid dienone is 3. The Morgan fingerprint density at radius 1 is 1.00 bits per heavy atom. The zero-order valence-corrected chi connectivity index (χ0v) is 17.8. The van der Waals surface area contributed by atoms with Crippen molar-refractivity contribution < 1.29 is 5.11 Å². The molecule has 0 aromatic rings. The fourth-order valence-corrected chi connectivity index (χ4v) is 8.38. The first-order valence-electron chi connectivity index (χ1n) is 12.0. The molecule has 0 aromatic carbocycles. The van der Waals surface area contributed by atoms with Crippen LogP contribution in [0.1, 0.15) is 91.4 Å². The summed E-state index contributed by atoms with van der Waals surface area (Å²) in [7, 11) is 0. The maximum absolute atomic E-state index is 10.2. The Labute approximate surface area is 166 Å². The molecule has 5 aliphatic carbocycles. The zero-order chi connectivity index (χ0) is 18.8. The fourth-order valence-electron chi connectivity index (χ4n) is 8.38. The lowest BCUT2D eigenvalue weighted by Crippen LogP contribution is -2.46. The maximum Gasteiger partial charge on any atom is 0.0578 e. The molecular formula is C26H40O. The van der Waals surface area contributed by atoms with E-state index in [4.69, 9.17) is 0 Å². The van der Waals surface area contributed by atoms with Crippen molar-refractivity contribution in [2.75, 3.05) is 0 Å². The van der Waals surface area contributed by atoms with Gasteiger partial charge in [-0.05, 0) is 91.8 Å². The Kier molecular flexibility index (Phi) is 4.43. The molecule has 4 saturated carbocycles. The van der Waals surface area contributed by atoms with Gasteiger partial charge in [0, 0.05) is 0 Å². The SMILES string of the molecule is C[C@H](CC1CCC1)[C@H]1CC[C@H]2C3=CC=C4CC(O)CC[C@]4(C)[C@H]3CC[C@]12C. The minimum Gasteiger partial charge on any atom is -0.393 e. The lowest BCUT2D eigenvalue weighted by molar-refractivity contribution is 0.0283. The first-order chi connectivity index (χ1) is 12.9. The highest BCUT2D eigenvalue weighted by atomic mass is 16.3. The van der Waals surface area contributed by atoms with E-state index < -0.39 is 0 Å². The van der Waals surface area contributed by atoms with E-state index >= 15 is 0 Å². The van der Waals surface area contributed by atoms with Gasteiger partial charge in [0.25, 0.3) is 0 Å². The van der Waals surface area contributed by atoms with Gasteiger partial charge in [-0.1, -0.05) is 63.3 Å². The van der Waals surface area contributed by atoms with E-state index in [1.54, 1.807) is 5.57 Å². The van der Waals surface area contributed by atoms with Crippen molar-refractivity contribution in [1.29, 1.82) is 0 Å². The van der Waals surface area contributed by atoms with Crippen LogP contribution in [0.3, 0.4) is 0 Å². The molecule has 0 bridgehead atoms. The second-order valence-corrected chi connectivity index (χ2v) is 11.5. The van der Waals surface area contributed by atoms with Crippen molar-refractivity contribution in [3.8, 4) is 0 Å². The predicted molar refractivity (Wildman–Crippen MR) is 112 cm³/mol. The van der Waals surface area contributed by atoms with Crippen molar-refractivity contribution in [1.82, 2.24) is 0 Å². The van der Waals surface area contributed by atoms with Crippen LogP contribution in [0.4, 0.5) is 0 Å². The topological polar surface area (TPSA) is 20.2 Å². The van der Waals surface area contributed by atoms with Crippen LogP contribution in [-0.2, 0) is 0 Å². The van der Waals surface area contributed by atoms with Gasteiger partial charge in [-0.15, -0.1) is 0 Å². The van der Waals surface area contributed by atoms with Crippen molar-refractivity contribution in [2.24, 2.45) is 40.4 Å². The molecular weight excluding hydrogens is 328 g/mol. The van der Waals surface area contributed by atoms with E-state index in [1.165, 1.54) is 57.8 Å². The number of aliphatic hydroxyl groups is 1. The number of fused-ring (bicyclic) bond motifs is 5. The van der Waals surface area contributed by atoms with Crippen molar-refractivity contribution in [2.45, 2.75) is 97.5 Å². The van der Waals surface area contributed by atoms with Crippen molar-refractivity contribution >= 4 is 0 Å². The molecule has 27 heavy (non-hydrogen) atoms. The van der Waals surface area contributed by atoms with Crippen LogP contribution in [0.5, 0.6) is 0 Å². The summed E-state index contributed by atoms with van der Waals surface area (Å²) in [6, 6.07) is 0. The average Bonchev–Trinajstić information content (AvgIpc) is 2.96. The van der Waals surface area contributed by atoms with Gasteiger partial charge in [-0.3, -0.25) is 0 Å². The van der Waals surface area contributed by atoms with Gasteiger partial charge in [0.15, 0.2) is 0 Å². The fraction of sp³-hybridized carbons (Fsp3) is 0.846. The predicted octanol–water partition coefficient (Wildman–Crippen LogP) is 6.67. The summed E-state index contributed by atoms with van der Waals surface area (Å²) in [5, 5.41) is 10.2. The molecule has 1 unspecified atom stereocenters. The first-order valence-corrected chi connectivity index (χ1v) is 12.0. The zero-order valence-electron chi connectivity index (χ0n) is 17.8. The second kappa shape index (κ2) is 6.48. The first kappa shape index (κ1) is 18.5. The third-order valence-corrected chi connectivity index (χ3v) is 10.2. The Balaban J connectivity index is 1.40. The van der Waals surface area contributed by atoms with E-state index in [9.17, 15) is 5.11 Å². The molecule has 1 heteroatoms. The van der Waals surface area contributed by atoms with Crippen molar-refractivity contribution in [3.63, 3.8) is 0 Å². The third-order valence-electron chi connectivity index (χ3n) is 10.2. The average molecular weight is 369 g/mol.